The maximum absolute atomic E-state index is 12.7. The molecule has 0 spiro atoms. The molecule has 0 radical (unpaired) electrons. The summed E-state index contributed by atoms with van der Waals surface area (Å²) in [7, 11) is -3.72. The monoisotopic (exact) mass is 447 g/mol. The average molecular weight is 448 g/mol. The molecule has 9 heteroatoms. The molecule has 0 atom stereocenters. The quantitative estimate of drug-likeness (QED) is 0.449. The van der Waals surface area contributed by atoms with Gasteiger partial charge in [-0.1, -0.05) is 23.8 Å². The molecule has 4 aromatic rings. The number of imidazole rings is 1. The van der Waals surface area contributed by atoms with Crippen molar-refractivity contribution in [1.82, 2.24) is 14.5 Å². The van der Waals surface area contributed by atoms with Gasteiger partial charge in [0.2, 0.25) is 5.88 Å². The van der Waals surface area contributed by atoms with Crippen molar-refractivity contribution in [3.63, 3.8) is 0 Å². The second-order valence-corrected chi connectivity index (χ2v) is 8.85. The van der Waals surface area contributed by atoms with Crippen LogP contribution >= 0.6 is 0 Å². The highest BCUT2D eigenvalue weighted by molar-refractivity contribution is 7.92. The van der Waals surface area contributed by atoms with E-state index in [1.165, 1.54) is 0 Å². The lowest BCUT2D eigenvalue weighted by Gasteiger charge is -2.10. The molecule has 0 fully saturated rings. The fraction of sp³-hybridized carbons (Fsp3) is 0.174. The molecule has 0 bridgehead atoms. The fourth-order valence-electron chi connectivity index (χ4n) is 3.35. The Bertz CT molecular complexity index is 1420. The van der Waals surface area contributed by atoms with E-state index >= 15 is 0 Å². The molecule has 0 amide bonds. The number of ether oxygens (including phenoxy) is 1. The minimum atomic E-state index is -3.72. The largest absolute Gasteiger partial charge is 0.439 e. The van der Waals surface area contributed by atoms with E-state index in [0.717, 1.165) is 11.1 Å². The van der Waals surface area contributed by atoms with Gasteiger partial charge in [-0.25, -0.2) is 18.4 Å². The van der Waals surface area contributed by atoms with Crippen LogP contribution in [0.5, 0.6) is 11.6 Å². The molecule has 8 nitrogen and oxygen atoms in total. The van der Waals surface area contributed by atoms with Crippen molar-refractivity contribution in [3.05, 3.63) is 72.2 Å². The van der Waals surface area contributed by atoms with Gasteiger partial charge < -0.3 is 9.30 Å². The van der Waals surface area contributed by atoms with E-state index in [-0.39, 0.29) is 11.3 Å². The summed E-state index contributed by atoms with van der Waals surface area (Å²) in [6.45, 7) is 4.54. The molecule has 162 valence electrons. The number of sulfonamides is 1. The van der Waals surface area contributed by atoms with Gasteiger partial charge in [0.15, 0.2) is 0 Å². The molecule has 0 aliphatic carbocycles. The number of fused-ring (bicyclic) bond motifs is 1. The van der Waals surface area contributed by atoms with Crippen molar-refractivity contribution >= 4 is 26.7 Å². The minimum absolute atomic E-state index is 0.183. The van der Waals surface area contributed by atoms with Crippen LogP contribution in [0.15, 0.2) is 65.7 Å². The first kappa shape index (κ1) is 21.3. The van der Waals surface area contributed by atoms with Crippen LogP contribution < -0.4 is 9.46 Å². The second-order valence-electron chi connectivity index (χ2n) is 7.17. The third-order valence-electron chi connectivity index (χ3n) is 4.88. The zero-order valence-electron chi connectivity index (χ0n) is 17.6. The first-order valence-electron chi connectivity index (χ1n) is 9.99. The summed E-state index contributed by atoms with van der Waals surface area (Å²) in [4.78, 5) is 8.93. The standard InChI is InChI=1S/C23H21N5O3S/c1-3-28-21-14-23(25-15-20(21)26-22(28)11-12-24)31-18-6-4-5-17(13-18)27-32(29,30)19-9-7-16(2)8-10-19/h4-10,13-15,27H,3,11H2,1-2H3. The summed E-state index contributed by atoms with van der Waals surface area (Å²) in [6, 6.07) is 17.2. The maximum atomic E-state index is 12.7. The molecule has 0 aliphatic heterocycles. The first-order valence-corrected chi connectivity index (χ1v) is 11.5. The predicted molar refractivity (Wildman–Crippen MR) is 121 cm³/mol. The van der Waals surface area contributed by atoms with Crippen LogP contribution in [-0.2, 0) is 23.0 Å². The van der Waals surface area contributed by atoms with Gasteiger partial charge in [-0.15, -0.1) is 0 Å². The Balaban J connectivity index is 1.58. The molecule has 0 aliphatic rings. The number of pyridine rings is 1. The van der Waals surface area contributed by atoms with Crippen molar-refractivity contribution in [1.29, 1.82) is 5.26 Å². The number of hydrogen-bond donors (Lipinski definition) is 1. The SMILES string of the molecule is CCn1c(CC#N)nc2cnc(Oc3cccc(NS(=O)(=O)c4ccc(C)cc4)c3)cc21. The van der Waals surface area contributed by atoms with Crippen molar-refractivity contribution in [2.45, 2.75) is 31.7 Å². The van der Waals surface area contributed by atoms with Crippen LogP contribution in [0.25, 0.3) is 11.0 Å². The Morgan fingerprint density at radius 1 is 1.16 bits per heavy atom. The molecule has 0 saturated carbocycles. The van der Waals surface area contributed by atoms with Gasteiger partial charge in [-0.2, -0.15) is 5.26 Å². The lowest BCUT2D eigenvalue weighted by atomic mass is 10.2. The smallest absolute Gasteiger partial charge is 0.261 e. The van der Waals surface area contributed by atoms with Crippen LogP contribution in [0.3, 0.4) is 0 Å². The van der Waals surface area contributed by atoms with Gasteiger partial charge >= 0.3 is 0 Å². The summed E-state index contributed by atoms with van der Waals surface area (Å²) in [5.74, 6) is 1.45. The van der Waals surface area contributed by atoms with Crippen molar-refractivity contribution < 1.29 is 13.2 Å². The van der Waals surface area contributed by atoms with Gasteiger partial charge in [-0.3, -0.25) is 4.72 Å². The van der Waals surface area contributed by atoms with Gasteiger partial charge in [0.05, 0.1) is 34.8 Å². The number of nitriles is 1. The van der Waals surface area contributed by atoms with Crippen LogP contribution in [0.1, 0.15) is 18.3 Å². The molecule has 0 saturated heterocycles. The summed E-state index contributed by atoms with van der Waals surface area (Å²) in [5.41, 5.74) is 2.86. The van der Waals surface area contributed by atoms with Crippen LogP contribution in [-0.4, -0.2) is 23.0 Å². The molecule has 32 heavy (non-hydrogen) atoms. The number of anilines is 1. The van der Waals surface area contributed by atoms with Crippen molar-refractivity contribution in [2.75, 3.05) is 4.72 Å². The van der Waals surface area contributed by atoms with E-state index < -0.39 is 10.0 Å². The highest BCUT2D eigenvalue weighted by Gasteiger charge is 2.15. The van der Waals surface area contributed by atoms with E-state index in [1.807, 2.05) is 18.4 Å². The molecular weight excluding hydrogens is 426 g/mol. The number of nitrogens with one attached hydrogen (secondary N) is 1. The lowest BCUT2D eigenvalue weighted by Crippen LogP contribution is -2.12. The fourth-order valence-corrected chi connectivity index (χ4v) is 4.40. The molecule has 2 aromatic carbocycles. The number of nitrogens with zero attached hydrogens (tertiary/aromatic N) is 4. The first-order chi connectivity index (χ1) is 15.4. The van der Waals surface area contributed by atoms with E-state index in [1.54, 1.807) is 60.8 Å². The van der Waals surface area contributed by atoms with E-state index in [0.29, 0.717) is 35.2 Å². The number of aryl methyl sites for hydroxylation is 2. The van der Waals surface area contributed by atoms with Gasteiger partial charge in [-0.05, 0) is 38.1 Å². The third-order valence-corrected chi connectivity index (χ3v) is 6.28. The molecule has 0 unspecified atom stereocenters. The predicted octanol–water partition coefficient (Wildman–Crippen LogP) is 4.42. The highest BCUT2D eigenvalue weighted by Crippen LogP contribution is 2.27. The maximum Gasteiger partial charge on any atom is 0.261 e. The van der Waals surface area contributed by atoms with Crippen molar-refractivity contribution in [3.8, 4) is 17.7 Å². The summed E-state index contributed by atoms with van der Waals surface area (Å²) in [6.07, 6.45) is 1.81. The van der Waals surface area contributed by atoms with Gasteiger partial charge in [0.25, 0.3) is 10.0 Å². The summed E-state index contributed by atoms with van der Waals surface area (Å²) >= 11 is 0. The minimum Gasteiger partial charge on any atom is -0.439 e. The molecular formula is C23H21N5O3S. The summed E-state index contributed by atoms with van der Waals surface area (Å²) in [5, 5.41) is 9.01. The number of aromatic nitrogens is 3. The number of benzene rings is 2. The third kappa shape index (κ3) is 4.40. The molecule has 2 heterocycles. The molecule has 2 aromatic heterocycles. The molecule has 1 N–H and O–H groups in total. The van der Waals surface area contributed by atoms with E-state index in [9.17, 15) is 8.42 Å². The van der Waals surface area contributed by atoms with Gasteiger partial charge in [0, 0.05) is 18.7 Å². The van der Waals surface area contributed by atoms with Crippen molar-refractivity contribution in [2.24, 2.45) is 0 Å². The zero-order valence-corrected chi connectivity index (χ0v) is 18.4. The van der Waals surface area contributed by atoms with Gasteiger partial charge in [0.1, 0.15) is 17.1 Å². The zero-order chi connectivity index (χ0) is 22.7. The molecule has 4 rings (SSSR count). The normalized spacial score (nSPS) is 11.3. The Kier molecular flexibility index (Phi) is 5.79. The number of hydrogen-bond acceptors (Lipinski definition) is 6. The van der Waals surface area contributed by atoms with E-state index in [4.69, 9.17) is 10.00 Å². The highest BCUT2D eigenvalue weighted by atomic mass is 32.2. The Morgan fingerprint density at radius 3 is 2.66 bits per heavy atom. The van der Waals surface area contributed by atoms with Crippen LogP contribution in [0.2, 0.25) is 0 Å². The van der Waals surface area contributed by atoms with Crippen LogP contribution in [0, 0.1) is 18.3 Å². The lowest BCUT2D eigenvalue weighted by molar-refractivity contribution is 0.464. The Labute approximate surface area is 186 Å². The Morgan fingerprint density at radius 2 is 1.94 bits per heavy atom. The van der Waals surface area contributed by atoms with Crippen LogP contribution in [0.4, 0.5) is 5.69 Å². The average Bonchev–Trinajstić information content (AvgIpc) is 3.10. The summed E-state index contributed by atoms with van der Waals surface area (Å²) < 4.78 is 35.7. The number of rotatable bonds is 7. The second kappa shape index (κ2) is 8.69. The van der Waals surface area contributed by atoms with E-state index in [2.05, 4.69) is 20.8 Å². The Hall–Kier alpha value is -3.90. The topological polar surface area (TPSA) is 110 Å².